The molecule has 0 heterocycles. The third kappa shape index (κ3) is 5.47. The van der Waals surface area contributed by atoms with Crippen molar-refractivity contribution in [1.29, 1.82) is 0 Å². The Labute approximate surface area is 102 Å². The molecule has 0 spiro atoms. The SMILES string of the molecule is CC(C)(CON)NC(=O)CCc1ccccc1. The fraction of sp³-hybridized carbons (Fsp3) is 0.462. The molecule has 0 aliphatic carbocycles. The molecule has 4 heteroatoms. The van der Waals surface area contributed by atoms with Crippen molar-refractivity contribution >= 4 is 5.91 Å². The van der Waals surface area contributed by atoms with Gasteiger partial charge in [0.25, 0.3) is 0 Å². The maximum atomic E-state index is 11.7. The van der Waals surface area contributed by atoms with Gasteiger partial charge in [-0.05, 0) is 25.8 Å². The van der Waals surface area contributed by atoms with E-state index in [4.69, 9.17) is 5.90 Å². The maximum Gasteiger partial charge on any atom is 0.220 e. The van der Waals surface area contributed by atoms with E-state index in [2.05, 4.69) is 10.2 Å². The lowest BCUT2D eigenvalue weighted by atomic mass is 10.1. The van der Waals surface area contributed by atoms with Crippen LogP contribution >= 0.6 is 0 Å². The Morgan fingerprint density at radius 2 is 2.00 bits per heavy atom. The first kappa shape index (κ1) is 13.7. The molecule has 0 fully saturated rings. The number of amides is 1. The molecule has 1 amide bonds. The number of hydrogen-bond donors (Lipinski definition) is 2. The Morgan fingerprint density at radius 1 is 1.35 bits per heavy atom. The van der Waals surface area contributed by atoms with Gasteiger partial charge in [-0.15, -0.1) is 0 Å². The minimum absolute atomic E-state index is 0.0101. The minimum Gasteiger partial charge on any atom is -0.349 e. The zero-order chi connectivity index (χ0) is 12.7. The lowest BCUT2D eigenvalue weighted by Crippen LogP contribution is -2.47. The molecule has 0 bridgehead atoms. The number of nitrogens with two attached hydrogens (primary N) is 1. The summed E-state index contributed by atoms with van der Waals surface area (Å²) in [4.78, 5) is 16.3. The van der Waals surface area contributed by atoms with Crippen LogP contribution in [0.15, 0.2) is 30.3 Å². The van der Waals surface area contributed by atoms with E-state index in [-0.39, 0.29) is 5.91 Å². The quantitative estimate of drug-likeness (QED) is 0.734. The molecular weight excluding hydrogens is 216 g/mol. The molecule has 94 valence electrons. The van der Waals surface area contributed by atoms with Gasteiger partial charge in [0.05, 0.1) is 12.1 Å². The number of aryl methyl sites for hydroxylation is 1. The Morgan fingerprint density at radius 3 is 2.59 bits per heavy atom. The highest BCUT2D eigenvalue weighted by atomic mass is 16.6. The molecule has 1 rings (SSSR count). The van der Waals surface area contributed by atoms with E-state index >= 15 is 0 Å². The number of carbonyl (C=O) groups excluding carboxylic acids is 1. The van der Waals surface area contributed by atoms with Crippen molar-refractivity contribution in [2.24, 2.45) is 5.90 Å². The normalized spacial score (nSPS) is 11.2. The standard InChI is InChI=1S/C13H20N2O2/c1-13(2,10-17-14)15-12(16)9-8-11-6-4-3-5-7-11/h3-7H,8-10,14H2,1-2H3,(H,15,16). The van der Waals surface area contributed by atoms with Crippen LogP contribution in [0.25, 0.3) is 0 Å². The van der Waals surface area contributed by atoms with Crippen molar-refractivity contribution in [3.05, 3.63) is 35.9 Å². The molecule has 4 nitrogen and oxygen atoms in total. The smallest absolute Gasteiger partial charge is 0.220 e. The van der Waals surface area contributed by atoms with Gasteiger partial charge in [0.1, 0.15) is 0 Å². The van der Waals surface area contributed by atoms with E-state index in [9.17, 15) is 4.79 Å². The van der Waals surface area contributed by atoms with Crippen LogP contribution in [-0.2, 0) is 16.1 Å². The molecule has 3 N–H and O–H groups in total. The van der Waals surface area contributed by atoms with Gasteiger partial charge in [0.15, 0.2) is 0 Å². The summed E-state index contributed by atoms with van der Waals surface area (Å²) in [6, 6.07) is 9.94. The predicted molar refractivity (Wildman–Crippen MR) is 67.1 cm³/mol. The molecule has 0 unspecified atom stereocenters. The van der Waals surface area contributed by atoms with Crippen LogP contribution in [0.2, 0.25) is 0 Å². The maximum absolute atomic E-state index is 11.7. The predicted octanol–water partition coefficient (Wildman–Crippen LogP) is 1.40. The summed E-state index contributed by atoms with van der Waals surface area (Å²) in [5, 5.41) is 2.88. The molecule has 1 aromatic carbocycles. The first-order chi connectivity index (χ1) is 8.03. The topological polar surface area (TPSA) is 64.3 Å². The van der Waals surface area contributed by atoms with E-state index in [0.29, 0.717) is 13.0 Å². The van der Waals surface area contributed by atoms with Crippen LogP contribution in [0.4, 0.5) is 0 Å². The van der Waals surface area contributed by atoms with Gasteiger partial charge in [-0.3, -0.25) is 4.79 Å². The number of hydrogen-bond acceptors (Lipinski definition) is 3. The average molecular weight is 236 g/mol. The van der Waals surface area contributed by atoms with Gasteiger partial charge in [-0.2, -0.15) is 0 Å². The lowest BCUT2D eigenvalue weighted by molar-refractivity contribution is -0.123. The molecular formula is C13H20N2O2. The molecule has 0 aliphatic rings. The van der Waals surface area contributed by atoms with Gasteiger partial charge in [-0.1, -0.05) is 30.3 Å². The van der Waals surface area contributed by atoms with Crippen LogP contribution in [-0.4, -0.2) is 18.1 Å². The van der Waals surface area contributed by atoms with E-state index < -0.39 is 5.54 Å². The zero-order valence-electron chi connectivity index (χ0n) is 10.4. The third-order valence-corrected chi connectivity index (χ3v) is 2.41. The highest BCUT2D eigenvalue weighted by Gasteiger charge is 2.20. The van der Waals surface area contributed by atoms with Crippen LogP contribution in [0.3, 0.4) is 0 Å². The Bertz CT molecular complexity index is 350. The average Bonchev–Trinajstić information content (AvgIpc) is 2.27. The van der Waals surface area contributed by atoms with Gasteiger partial charge in [0, 0.05) is 6.42 Å². The summed E-state index contributed by atoms with van der Waals surface area (Å²) in [7, 11) is 0. The number of carbonyl (C=O) groups is 1. The van der Waals surface area contributed by atoms with E-state index in [1.807, 2.05) is 44.2 Å². The van der Waals surface area contributed by atoms with E-state index in [1.54, 1.807) is 0 Å². The van der Waals surface area contributed by atoms with Crippen LogP contribution < -0.4 is 11.2 Å². The monoisotopic (exact) mass is 236 g/mol. The first-order valence-corrected chi connectivity index (χ1v) is 5.70. The summed E-state index contributed by atoms with van der Waals surface area (Å²) in [6.07, 6.45) is 1.21. The molecule has 0 saturated heterocycles. The molecule has 0 saturated carbocycles. The van der Waals surface area contributed by atoms with Crippen molar-refractivity contribution in [3.8, 4) is 0 Å². The Hall–Kier alpha value is -1.39. The largest absolute Gasteiger partial charge is 0.349 e. The molecule has 1 aromatic rings. The fourth-order valence-corrected chi connectivity index (χ4v) is 1.59. The van der Waals surface area contributed by atoms with Gasteiger partial charge in [0.2, 0.25) is 5.91 Å². The highest BCUT2D eigenvalue weighted by Crippen LogP contribution is 2.05. The van der Waals surface area contributed by atoms with Crippen LogP contribution in [0.5, 0.6) is 0 Å². The van der Waals surface area contributed by atoms with Gasteiger partial charge >= 0.3 is 0 Å². The Balaban J connectivity index is 2.35. The highest BCUT2D eigenvalue weighted by molar-refractivity contribution is 5.76. The molecule has 0 aromatic heterocycles. The summed E-state index contributed by atoms with van der Waals surface area (Å²) in [5.41, 5.74) is 0.734. The van der Waals surface area contributed by atoms with Crippen LogP contribution in [0, 0.1) is 0 Å². The second kappa shape index (κ2) is 6.37. The molecule has 0 radical (unpaired) electrons. The lowest BCUT2D eigenvalue weighted by Gasteiger charge is -2.24. The zero-order valence-corrected chi connectivity index (χ0v) is 10.4. The second-order valence-corrected chi connectivity index (χ2v) is 4.73. The van der Waals surface area contributed by atoms with Crippen molar-refractivity contribution in [3.63, 3.8) is 0 Å². The third-order valence-electron chi connectivity index (χ3n) is 2.41. The molecule has 0 aliphatic heterocycles. The van der Waals surface area contributed by atoms with E-state index in [1.165, 1.54) is 0 Å². The number of nitrogens with one attached hydrogen (secondary N) is 1. The summed E-state index contributed by atoms with van der Waals surface area (Å²) in [5.74, 6) is 5.01. The van der Waals surface area contributed by atoms with E-state index in [0.717, 1.165) is 12.0 Å². The van der Waals surface area contributed by atoms with Gasteiger partial charge < -0.3 is 10.2 Å². The molecule has 0 atom stereocenters. The van der Waals surface area contributed by atoms with Crippen molar-refractivity contribution in [2.45, 2.75) is 32.2 Å². The first-order valence-electron chi connectivity index (χ1n) is 5.70. The second-order valence-electron chi connectivity index (χ2n) is 4.73. The van der Waals surface area contributed by atoms with Crippen molar-refractivity contribution in [2.75, 3.05) is 6.61 Å². The molecule has 17 heavy (non-hydrogen) atoms. The Kier molecular flexibility index (Phi) is 5.12. The van der Waals surface area contributed by atoms with Gasteiger partial charge in [-0.25, -0.2) is 5.90 Å². The summed E-state index contributed by atoms with van der Waals surface area (Å²) >= 11 is 0. The number of benzene rings is 1. The number of rotatable bonds is 6. The van der Waals surface area contributed by atoms with Crippen molar-refractivity contribution < 1.29 is 9.63 Å². The van der Waals surface area contributed by atoms with Crippen LogP contribution in [0.1, 0.15) is 25.8 Å². The summed E-state index contributed by atoms with van der Waals surface area (Å²) < 4.78 is 0. The van der Waals surface area contributed by atoms with Crippen molar-refractivity contribution in [1.82, 2.24) is 5.32 Å². The summed E-state index contributed by atoms with van der Waals surface area (Å²) in [6.45, 7) is 4.05. The minimum atomic E-state index is -0.428. The fourth-order valence-electron chi connectivity index (χ4n) is 1.59.